The maximum Gasteiger partial charge on any atom is 0.197 e. The van der Waals surface area contributed by atoms with Gasteiger partial charge in [-0.2, -0.15) is 0 Å². The Morgan fingerprint density at radius 2 is 2.18 bits per heavy atom. The first-order valence-electron chi connectivity index (χ1n) is 4.08. The van der Waals surface area contributed by atoms with Crippen molar-refractivity contribution in [3.8, 4) is 0 Å². The predicted octanol–water partition coefficient (Wildman–Crippen LogP) is 1.90. The zero-order valence-corrected chi connectivity index (χ0v) is 7.09. The topological polar surface area (TPSA) is 54.7 Å². The molecule has 1 aromatic rings. The van der Waals surface area contributed by atoms with Gasteiger partial charge in [-0.25, -0.2) is 4.98 Å². The summed E-state index contributed by atoms with van der Waals surface area (Å²) in [6.45, 7) is 4.34. The number of H-pyrrole nitrogens is 1. The molecule has 1 heterocycles. The third kappa shape index (κ3) is 1.73. The fraction of sp³-hybridized carbons (Fsp3) is 0.625. The van der Waals surface area contributed by atoms with E-state index in [-0.39, 0.29) is 0 Å². The molecule has 0 aliphatic rings. The van der Waals surface area contributed by atoms with Crippen LogP contribution in [0.5, 0.6) is 0 Å². The predicted molar refractivity (Wildman–Crippen MR) is 46.3 cm³/mol. The zero-order valence-electron chi connectivity index (χ0n) is 7.09. The molecule has 0 atom stereocenters. The van der Waals surface area contributed by atoms with Crippen LogP contribution in [0, 0.1) is 0 Å². The van der Waals surface area contributed by atoms with E-state index in [0.717, 1.165) is 18.5 Å². The summed E-state index contributed by atoms with van der Waals surface area (Å²) in [5.74, 6) is 1.10. The molecule has 3 nitrogen and oxygen atoms in total. The van der Waals surface area contributed by atoms with Gasteiger partial charge in [0, 0.05) is 11.6 Å². The molecular weight excluding hydrogens is 138 g/mol. The van der Waals surface area contributed by atoms with E-state index in [9.17, 15) is 0 Å². The molecule has 1 aromatic heterocycles. The van der Waals surface area contributed by atoms with Gasteiger partial charge in [-0.1, -0.05) is 13.8 Å². The average Bonchev–Trinajstić information content (AvgIpc) is 2.39. The second-order valence-corrected chi connectivity index (χ2v) is 2.74. The van der Waals surface area contributed by atoms with Crippen LogP contribution >= 0.6 is 0 Å². The van der Waals surface area contributed by atoms with Crippen LogP contribution < -0.4 is 5.73 Å². The fourth-order valence-electron chi connectivity index (χ4n) is 1.29. The summed E-state index contributed by atoms with van der Waals surface area (Å²) in [5.41, 5.74) is 6.62. The third-order valence-electron chi connectivity index (χ3n) is 2.04. The first kappa shape index (κ1) is 8.11. The Kier molecular flexibility index (Phi) is 2.52. The van der Waals surface area contributed by atoms with Gasteiger partial charge >= 0.3 is 0 Å². The highest BCUT2D eigenvalue weighted by atomic mass is 15.0. The van der Waals surface area contributed by atoms with E-state index in [1.807, 2.05) is 6.20 Å². The molecule has 0 amide bonds. The number of nitrogens with zero attached hydrogens (tertiary/aromatic N) is 1. The van der Waals surface area contributed by atoms with Gasteiger partial charge in [-0.3, -0.25) is 0 Å². The van der Waals surface area contributed by atoms with Crippen LogP contribution in [0.3, 0.4) is 0 Å². The Labute approximate surface area is 67.0 Å². The Morgan fingerprint density at radius 1 is 1.55 bits per heavy atom. The number of aromatic nitrogens is 2. The van der Waals surface area contributed by atoms with Crippen LogP contribution in [0.2, 0.25) is 0 Å². The molecule has 0 aromatic carbocycles. The molecule has 0 fully saturated rings. The number of aromatic amines is 1. The molecule has 0 radical (unpaired) electrons. The number of hydrogen-bond donors (Lipinski definition) is 2. The van der Waals surface area contributed by atoms with Crippen molar-refractivity contribution in [1.82, 2.24) is 9.97 Å². The van der Waals surface area contributed by atoms with Crippen molar-refractivity contribution in [3.05, 3.63) is 11.9 Å². The van der Waals surface area contributed by atoms with Gasteiger partial charge in [0.15, 0.2) is 5.95 Å². The number of nitrogen functional groups attached to an aromatic ring is 1. The summed E-state index contributed by atoms with van der Waals surface area (Å²) in [5, 5.41) is 0. The van der Waals surface area contributed by atoms with E-state index < -0.39 is 0 Å². The molecule has 1 rings (SSSR count). The molecule has 3 heteroatoms. The number of nitrogens with two attached hydrogens (primary N) is 1. The van der Waals surface area contributed by atoms with Crippen LogP contribution in [-0.2, 0) is 0 Å². The number of nitrogens with one attached hydrogen (secondary N) is 1. The van der Waals surface area contributed by atoms with E-state index in [0.29, 0.717) is 11.9 Å². The van der Waals surface area contributed by atoms with Gasteiger partial charge in [-0.05, 0) is 12.8 Å². The monoisotopic (exact) mass is 153 g/mol. The second-order valence-electron chi connectivity index (χ2n) is 2.74. The maximum absolute atomic E-state index is 5.46. The summed E-state index contributed by atoms with van der Waals surface area (Å²) in [6.07, 6.45) is 4.10. The van der Waals surface area contributed by atoms with Crippen LogP contribution in [0.1, 0.15) is 38.3 Å². The Balaban J connectivity index is 2.73. The van der Waals surface area contributed by atoms with Crippen molar-refractivity contribution >= 4 is 5.95 Å². The minimum Gasteiger partial charge on any atom is -0.369 e. The first-order chi connectivity index (χ1) is 5.27. The molecule has 0 bridgehead atoms. The minimum absolute atomic E-state index is 0.520. The smallest absolute Gasteiger partial charge is 0.197 e. The molecule has 0 spiro atoms. The first-order valence-corrected chi connectivity index (χ1v) is 4.08. The SMILES string of the molecule is CCC(CC)c1cnc(N)[nH]1. The molecule has 0 saturated carbocycles. The minimum atomic E-state index is 0.520. The lowest BCUT2D eigenvalue weighted by atomic mass is 10.0. The molecule has 62 valence electrons. The van der Waals surface area contributed by atoms with E-state index in [4.69, 9.17) is 5.73 Å². The Morgan fingerprint density at radius 3 is 2.55 bits per heavy atom. The third-order valence-corrected chi connectivity index (χ3v) is 2.04. The van der Waals surface area contributed by atoms with Crippen LogP contribution in [0.25, 0.3) is 0 Å². The lowest BCUT2D eigenvalue weighted by molar-refractivity contribution is 0.627. The van der Waals surface area contributed by atoms with Crippen LogP contribution in [0.15, 0.2) is 6.20 Å². The summed E-state index contributed by atoms with van der Waals surface area (Å²) >= 11 is 0. The number of rotatable bonds is 3. The lowest BCUT2D eigenvalue weighted by Gasteiger charge is -2.07. The largest absolute Gasteiger partial charge is 0.369 e. The second kappa shape index (κ2) is 3.42. The van der Waals surface area contributed by atoms with Gasteiger partial charge in [0.2, 0.25) is 0 Å². The highest BCUT2D eigenvalue weighted by Gasteiger charge is 2.08. The average molecular weight is 153 g/mol. The van der Waals surface area contributed by atoms with Gasteiger partial charge in [0.1, 0.15) is 0 Å². The van der Waals surface area contributed by atoms with Crippen molar-refractivity contribution in [2.24, 2.45) is 0 Å². The highest BCUT2D eigenvalue weighted by molar-refractivity contribution is 5.20. The van der Waals surface area contributed by atoms with Crippen molar-refractivity contribution in [1.29, 1.82) is 0 Å². The van der Waals surface area contributed by atoms with Crippen molar-refractivity contribution in [2.75, 3.05) is 5.73 Å². The van der Waals surface area contributed by atoms with Crippen molar-refractivity contribution < 1.29 is 0 Å². The quantitative estimate of drug-likeness (QED) is 0.696. The molecule has 3 N–H and O–H groups in total. The van der Waals surface area contributed by atoms with Crippen molar-refractivity contribution in [3.63, 3.8) is 0 Å². The molecule has 0 aliphatic carbocycles. The standard InChI is InChI=1S/C8H15N3/c1-3-6(4-2)7-5-10-8(9)11-7/h5-6H,3-4H2,1-2H3,(H3,9,10,11). The normalized spacial score (nSPS) is 10.8. The Hall–Kier alpha value is -0.990. The summed E-state index contributed by atoms with van der Waals surface area (Å²) in [4.78, 5) is 7.00. The van der Waals surface area contributed by atoms with Gasteiger partial charge in [0.25, 0.3) is 0 Å². The van der Waals surface area contributed by atoms with Crippen LogP contribution in [-0.4, -0.2) is 9.97 Å². The van der Waals surface area contributed by atoms with Crippen LogP contribution in [0.4, 0.5) is 5.95 Å². The van der Waals surface area contributed by atoms with E-state index in [2.05, 4.69) is 23.8 Å². The van der Waals surface area contributed by atoms with E-state index in [1.165, 1.54) is 0 Å². The molecule has 0 saturated heterocycles. The fourth-order valence-corrected chi connectivity index (χ4v) is 1.29. The van der Waals surface area contributed by atoms with Crippen molar-refractivity contribution in [2.45, 2.75) is 32.6 Å². The number of imidazole rings is 1. The summed E-state index contributed by atoms with van der Waals surface area (Å²) in [6, 6.07) is 0. The number of hydrogen-bond acceptors (Lipinski definition) is 2. The molecule has 11 heavy (non-hydrogen) atoms. The molecular formula is C8H15N3. The zero-order chi connectivity index (χ0) is 8.27. The maximum atomic E-state index is 5.46. The van der Waals surface area contributed by atoms with Gasteiger partial charge in [-0.15, -0.1) is 0 Å². The Bertz CT molecular complexity index is 213. The van der Waals surface area contributed by atoms with E-state index in [1.54, 1.807) is 0 Å². The lowest BCUT2D eigenvalue weighted by Crippen LogP contribution is -1.95. The summed E-state index contributed by atoms with van der Waals surface area (Å²) in [7, 11) is 0. The van der Waals surface area contributed by atoms with Gasteiger partial charge in [0.05, 0.1) is 6.20 Å². The molecule has 0 unspecified atom stereocenters. The summed E-state index contributed by atoms with van der Waals surface area (Å²) < 4.78 is 0. The highest BCUT2D eigenvalue weighted by Crippen LogP contribution is 2.20. The number of anilines is 1. The van der Waals surface area contributed by atoms with E-state index >= 15 is 0 Å². The van der Waals surface area contributed by atoms with Gasteiger partial charge < -0.3 is 10.7 Å². The molecule has 0 aliphatic heterocycles.